The molecule has 1 N–H and O–H groups in total. The molecule has 0 spiro atoms. The van der Waals surface area contributed by atoms with Crippen molar-refractivity contribution in [2.24, 2.45) is 0 Å². The van der Waals surface area contributed by atoms with Gasteiger partial charge in [-0.3, -0.25) is 4.79 Å². The first kappa shape index (κ1) is 11.9. The van der Waals surface area contributed by atoms with Gasteiger partial charge in [0, 0.05) is 6.42 Å². The SMILES string of the molecule is CN[C@@](C)(Cc1ccccc1F)C(C)=O. The van der Waals surface area contributed by atoms with Gasteiger partial charge in [0.2, 0.25) is 0 Å². The summed E-state index contributed by atoms with van der Waals surface area (Å²) in [4.78, 5) is 11.4. The van der Waals surface area contributed by atoms with Crippen LogP contribution in [0.15, 0.2) is 24.3 Å². The minimum absolute atomic E-state index is 0.00764. The highest BCUT2D eigenvalue weighted by molar-refractivity contribution is 5.85. The smallest absolute Gasteiger partial charge is 0.149 e. The Morgan fingerprint density at radius 2 is 2.07 bits per heavy atom. The Morgan fingerprint density at radius 3 is 2.53 bits per heavy atom. The molecule has 1 rings (SSSR count). The van der Waals surface area contributed by atoms with Crippen LogP contribution < -0.4 is 5.32 Å². The lowest BCUT2D eigenvalue weighted by Crippen LogP contribution is -2.48. The third kappa shape index (κ3) is 2.63. The van der Waals surface area contributed by atoms with Crippen LogP contribution in [-0.2, 0) is 11.2 Å². The summed E-state index contributed by atoms with van der Waals surface area (Å²) in [5.74, 6) is -0.256. The first-order valence-corrected chi connectivity index (χ1v) is 4.93. The van der Waals surface area contributed by atoms with E-state index in [0.29, 0.717) is 12.0 Å². The van der Waals surface area contributed by atoms with E-state index in [9.17, 15) is 9.18 Å². The van der Waals surface area contributed by atoms with Crippen LogP contribution in [0, 0.1) is 5.82 Å². The normalized spacial score (nSPS) is 14.7. The number of benzene rings is 1. The number of nitrogens with one attached hydrogen (secondary N) is 1. The van der Waals surface area contributed by atoms with Crippen LogP contribution >= 0.6 is 0 Å². The predicted molar refractivity (Wildman–Crippen MR) is 58.2 cm³/mol. The molecule has 15 heavy (non-hydrogen) atoms. The monoisotopic (exact) mass is 209 g/mol. The van der Waals surface area contributed by atoms with Crippen molar-refractivity contribution in [2.75, 3.05) is 7.05 Å². The van der Waals surface area contributed by atoms with Gasteiger partial charge in [-0.2, -0.15) is 0 Å². The third-order valence-corrected chi connectivity index (χ3v) is 2.83. The zero-order valence-corrected chi connectivity index (χ0v) is 9.30. The lowest BCUT2D eigenvalue weighted by atomic mass is 9.89. The molecule has 3 heteroatoms. The molecule has 1 atom stereocenters. The van der Waals surface area contributed by atoms with Gasteiger partial charge in [-0.25, -0.2) is 4.39 Å². The molecule has 0 heterocycles. The molecule has 82 valence electrons. The highest BCUT2D eigenvalue weighted by Gasteiger charge is 2.28. The van der Waals surface area contributed by atoms with Gasteiger partial charge in [0.1, 0.15) is 11.6 Å². The second-order valence-corrected chi connectivity index (χ2v) is 3.91. The highest BCUT2D eigenvalue weighted by atomic mass is 19.1. The van der Waals surface area contributed by atoms with E-state index in [0.717, 1.165) is 0 Å². The number of hydrogen-bond acceptors (Lipinski definition) is 2. The topological polar surface area (TPSA) is 29.1 Å². The van der Waals surface area contributed by atoms with Crippen LogP contribution in [0.1, 0.15) is 19.4 Å². The minimum atomic E-state index is -0.692. The van der Waals surface area contributed by atoms with Gasteiger partial charge in [-0.15, -0.1) is 0 Å². The fraction of sp³-hybridized carbons (Fsp3) is 0.417. The Labute approximate surface area is 89.5 Å². The van der Waals surface area contributed by atoms with E-state index in [1.807, 2.05) is 0 Å². The first-order valence-electron chi connectivity index (χ1n) is 4.93. The molecule has 0 amide bonds. The first-order chi connectivity index (χ1) is 6.99. The van der Waals surface area contributed by atoms with E-state index >= 15 is 0 Å². The quantitative estimate of drug-likeness (QED) is 0.821. The second kappa shape index (κ2) is 4.53. The zero-order valence-electron chi connectivity index (χ0n) is 9.30. The fourth-order valence-electron chi connectivity index (χ4n) is 1.41. The van der Waals surface area contributed by atoms with Crippen LogP contribution in [-0.4, -0.2) is 18.4 Å². The predicted octanol–water partition coefficient (Wildman–Crippen LogP) is 1.94. The number of ketones is 1. The van der Waals surface area contributed by atoms with E-state index < -0.39 is 5.54 Å². The minimum Gasteiger partial charge on any atom is -0.308 e. The van der Waals surface area contributed by atoms with Gasteiger partial charge >= 0.3 is 0 Å². The van der Waals surface area contributed by atoms with Crippen molar-refractivity contribution >= 4 is 5.78 Å². The maximum absolute atomic E-state index is 13.4. The number of carbonyl (C=O) groups is 1. The van der Waals surface area contributed by atoms with E-state index in [4.69, 9.17) is 0 Å². The summed E-state index contributed by atoms with van der Waals surface area (Å²) in [5, 5.41) is 2.94. The molecule has 2 nitrogen and oxygen atoms in total. The third-order valence-electron chi connectivity index (χ3n) is 2.83. The highest BCUT2D eigenvalue weighted by Crippen LogP contribution is 2.16. The molecule has 0 radical (unpaired) electrons. The second-order valence-electron chi connectivity index (χ2n) is 3.91. The fourth-order valence-corrected chi connectivity index (χ4v) is 1.41. The van der Waals surface area contributed by atoms with Gasteiger partial charge in [-0.05, 0) is 32.5 Å². The van der Waals surface area contributed by atoms with Gasteiger partial charge < -0.3 is 5.32 Å². The molecule has 1 aromatic carbocycles. The Bertz CT molecular complexity index is 364. The molecule has 0 fully saturated rings. The van der Waals surface area contributed by atoms with Gasteiger partial charge in [0.25, 0.3) is 0 Å². The number of likely N-dealkylation sites (N-methyl/N-ethyl adjacent to an activating group) is 1. The number of hydrogen-bond donors (Lipinski definition) is 1. The van der Waals surface area contributed by atoms with E-state index in [-0.39, 0.29) is 11.6 Å². The van der Waals surface area contributed by atoms with Crippen molar-refractivity contribution in [3.8, 4) is 0 Å². The van der Waals surface area contributed by atoms with Crippen molar-refractivity contribution in [3.05, 3.63) is 35.6 Å². The van der Waals surface area contributed by atoms with E-state index in [1.165, 1.54) is 13.0 Å². The molecule has 0 aromatic heterocycles. The average Bonchev–Trinajstić information content (AvgIpc) is 2.21. The molecule has 0 aliphatic carbocycles. The number of Topliss-reactive ketones (excluding diaryl/α,β-unsaturated/α-hetero) is 1. The van der Waals surface area contributed by atoms with Crippen LogP contribution in [0.25, 0.3) is 0 Å². The summed E-state index contributed by atoms with van der Waals surface area (Å²) < 4.78 is 13.4. The molecular formula is C12H16FNO. The molecule has 0 bridgehead atoms. The molecule has 1 aromatic rings. The summed E-state index contributed by atoms with van der Waals surface area (Å²) in [5.41, 5.74) is -0.132. The Balaban J connectivity index is 2.94. The van der Waals surface area contributed by atoms with Gasteiger partial charge in [0.05, 0.1) is 5.54 Å². The van der Waals surface area contributed by atoms with E-state index in [2.05, 4.69) is 5.32 Å². The molecular weight excluding hydrogens is 193 g/mol. The summed E-state index contributed by atoms with van der Waals surface area (Å²) in [6.45, 7) is 3.29. The van der Waals surface area contributed by atoms with Crippen molar-refractivity contribution in [3.63, 3.8) is 0 Å². The van der Waals surface area contributed by atoms with Crippen LogP contribution in [0.5, 0.6) is 0 Å². The lowest BCUT2D eigenvalue weighted by molar-refractivity contribution is -0.122. The summed E-state index contributed by atoms with van der Waals surface area (Å²) in [6.07, 6.45) is 0.367. The average molecular weight is 209 g/mol. The van der Waals surface area contributed by atoms with Crippen molar-refractivity contribution in [2.45, 2.75) is 25.8 Å². The molecule has 0 aliphatic rings. The molecule has 0 saturated heterocycles. The zero-order chi connectivity index (χ0) is 11.5. The van der Waals surface area contributed by atoms with Crippen molar-refractivity contribution in [1.29, 1.82) is 0 Å². The van der Waals surface area contributed by atoms with E-state index in [1.54, 1.807) is 32.2 Å². The molecule has 0 unspecified atom stereocenters. The summed E-state index contributed by atoms with van der Waals surface area (Å²) in [6, 6.07) is 6.53. The van der Waals surface area contributed by atoms with Crippen molar-refractivity contribution in [1.82, 2.24) is 5.32 Å². The number of carbonyl (C=O) groups excluding carboxylic acids is 1. The molecule has 0 saturated carbocycles. The maximum atomic E-state index is 13.4. The van der Waals surface area contributed by atoms with Crippen molar-refractivity contribution < 1.29 is 9.18 Å². The van der Waals surface area contributed by atoms with Gasteiger partial charge in [0.15, 0.2) is 0 Å². The Hall–Kier alpha value is -1.22. The summed E-state index contributed by atoms with van der Waals surface area (Å²) in [7, 11) is 1.71. The standard InChI is InChI=1S/C12H16FNO/c1-9(15)12(2,14-3)8-10-6-4-5-7-11(10)13/h4-7,14H,8H2,1-3H3/t12-/m0/s1. The maximum Gasteiger partial charge on any atom is 0.149 e. The Morgan fingerprint density at radius 1 is 1.47 bits per heavy atom. The lowest BCUT2D eigenvalue weighted by Gasteiger charge is -2.26. The largest absolute Gasteiger partial charge is 0.308 e. The van der Waals surface area contributed by atoms with Crippen LogP contribution in [0.4, 0.5) is 4.39 Å². The van der Waals surface area contributed by atoms with Crippen LogP contribution in [0.2, 0.25) is 0 Å². The Kier molecular flexibility index (Phi) is 3.58. The number of rotatable bonds is 4. The molecule has 0 aliphatic heterocycles. The summed E-state index contributed by atoms with van der Waals surface area (Å²) >= 11 is 0. The van der Waals surface area contributed by atoms with Gasteiger partial charge in [-0.1, -0.05) is 18.2 Å². The number of halogens is 1. The van der Waals surface area contributed by atoms with Crippen LogP contribution in [0.3, 0.4) is 0 Å².